The maximum Gasteiger partial charge on any atom is 0.0692 e. The van der Waals surface area contributed by atoms with Crippen LogP contribution in [0.15, 0.2) is 30.3 Å². The number of aliphatic hydroxyl groups is 1. The first-order valence-electron chi connectivity index (χ1n) is 6.60. The molecule has 1 aromatic rings. The molecule has 1 fully saturated rings. The van der Waals surface area contributed by atoms with Crippen molar-refractivity contribution in [1.82, 2.24) is 5.32 Å². The summed E-state index contributed by atoms with van der Waals surface area (Å²) in [4.78, 5) is 0. The van der Waals surface area contributed by atoms with Crippen LogP contribution in [0.1, 0.15) is 32.3 Å². The van der Waals surface area contributed by atoms with Crippen molar-refractivity contribution >= 4 is 0 Å². The second-order valence-electron chi connectivity index (χ2n) is 5.47. The summed E-state index contributed by atoms with van der Waals surface area (Å²) in [6.07, 6.45) is 2.67. The van der Waals surface area contributed by atoms with Gasteiger partial charge < -0.3 is 10.4 Å². The van der Waals surface area contributed by atoms with Crippen LogP contribution in [0.5, 0.6) is 0 Å². The molecule has 0 aromatic heterocycles. The van der Waals surface area contributed by atoms with Crippen LogP contribution in [-0.2, 0) is 5.54 Å². The van der Waals surface area contributed by atoms with Gasteiger partial charge in [0.25, 0.3) is 0 Å². The van der Waals surface area contributed by atoms with Crippen molar-refractivity contribution in [3.8, 4) is 0 Å². The van der Waals surface area contributed by atoms with Crippen LogP contribution in [0.25, 0.3) is 0 Å². The van der Waals surface area contributed by atoms with E-state index >= 15 is 0 Å². The minimum atomic E-state index is -0.288. The summed E-state index contributed by atoms with van der Waals surface area (Å²) in [5, 5.41) is 13.5. The Bertz CT molecular complexity index is 345. The predicted octanol–water partition coefficient (Wildman–Crippen LogP) is 2.53. The van der Waals surface area contributed by atoms with E-state index in [1.54, 1.807) is 0 Å². The lowest BCUT2D eigenvalue weighted by Crippen LogP contribution is -2.50. The number of aliphatic hydroxyl groups excluding tert-OH is 1. The molecular formula is C15H23NO. The van der Waals surface area contributed by atoms with Gasteiger partial charge in [-0.25, -0.2) is 0 Å². The Morgan fingerprint density at radius 2 is 1.94 bits per heavy atom. The molecule has 0 radical (unpaired) electrons. The first-order chi connectivity index (χ1) is 8.19. The molecule has 1 unspecified atom stereocenters. The molecule has 1 aliphatic carbocycles. The standard InChI is InChI=1S/C15H23NO/c1-12(2)15(11-17,16-10-13-8-9-13)14-6-4-3-5-7-14/h3-7,12-13,16-17H,8-11H2,1-2H3. The topological polar surface area (TPSA) is 32.3 Å². The van der Waals surface area contributed by atoms with E-state index in [0.717, 1.165) is 12.5 Å². The molecule has 1 aliphatic rings. The molecule has 1 aromatic carbocycles. The van der Waals surface area contributed by atoms with Crippen molar-refractivity contribution in [2.75, 3.05) is 13.2 Å². The van der Waals surface area contributed by atoms with E-state index in [2.05, 4.69) is 31.3 Å². The lowest BCUT2D eigenvalue weighted by molar-refractivity contribution is 0.115. The Kier molecular flexibility index (Phi) is 3.85. The van der Waals surface area contributed by atoms with Gasteiger partial charge in [-0.2, -0.15) is 0 Å². The van der Waals surface area contributed by atoms with Crippen molar-refractivity contribution in [3.63, 3.8) is 0 Å². The fourth-order valence-corrected chi connectivity index (χ4v) is 2.35. The Labute approximate surface area is 104 Å². The average molecular weight is 233 g/mol. The Balaban J connectivity index is 2.20. The molecule has 2 N–H and O–H groups in total. The van der Waals surface area contributed by atoms with Crippen LogP contribution < -0.4 is 5.32 Å². The van der Waals surface area contributed by atoms with Crippen molar-refractivity contribution in [2.45, 2.75) is 32.2 Å². The van der Waals surface area contributed by atoms with E-state index in [-0.39, 0.29) is 12.1 Å². The smallest absolute Gasteiger partial charge is 0.0692 e. The fourth-order valence-electron chi connectivity index (χ4n) is 2.35. The zero-order valence-corrected chi connectivity index (χ0v) is 10.8. The molecule has 1 atom stereocenters. The molecule has 2 nitrogen and oxygen atoms in total. The number of rotatable bonds is 6. The van der Waals surface area contributed by atoms with E-state index in [0.29, 0.717) is 5.92 Å². The first-order valence-corrected chi connectivity index (χ1v) is 6.60. The van der Waals surface area contributed by atoms with Gasteiger partial charge in [0.15, 0.2) is 0 Å². The molecule has 0 amide bonds. The fraction of sp³-hybridized carbons (Fsp3) is 0.600. The maximum absolute atomic E-state index is 9.87. The third-order valence-electron chi connectivity index (χ3n) is 3.93. The highest BCUT2D eigenvalue weighted by atomic mass is 16.3. The predicted molar refractivity (Wildman–Crippen MR) is 70.8 cm³/mol. The Hall–Kier alpha value is -0.860. The molecule has 0 bridgehead atoms. The molecule has 1 saturated carbocycles. The lowest BCUT2D eigenvalue weighted by atomic mass is 9.80. The van der Waals surface area contributed by atoms with Gasteiger partial charge in [-0.1, -0.05) is 44.2 Å². The van der Waals surface area contributed by atoms with Gasteiger partial charge in [0.1, 0.15) is 0 Å². The van der Waals surface area contributed by atoms with Gasteiger partial charge in [-0.15, -0.1) is 0 Å². The Morgan fingerprint density at radius 3 is 2.41 bits per heavy atom. The highest BCUT2D eigenvalue weighted by Gasteiger charge is 2.36. The lowest BCUT2D eigenvalue weighted by Gasteiger charge is -2.38. The number of hydrogen-bond acceptors (Lipinski definition) is 2. The van der Waals surface area contributed by atoms with E-state index in [4.69, 9.17) is 0 Å². The van der Waals surface area contributed by atoms with Crippen molar-refractivity contribution < 1.29 is 5.11 Å². The molecule has 94 valence electrons. The third kappa shape index (κ3) is 2.70. The monoisotopic (exact) mass is 233 g/mol. The van der Waals surface area contributed by atoms with Gasteiger partial charge in [-0.05, 0) is 36.8 Å². The van der Waals surface area contributed by atoms with Crippen molar-refractivity contribution in [2.24, 2.45) is 11.8 Å². The van der Waals surface area contributed by atoms with E-state index < -0.39 is 0 Å². The van der Waals surface area contributed by atoms with Crippen LogP contribution in [0.3, 0.4) is 0 Å². The number of benzene rings is 1. The highest BCUT2D eigenvalue weighted by Crippen LogP contribution is 2.33. The van der Waals surface area contributed by atoms with Crippen LogP contribution in [0.4, 0.5) is 0 Å². The van der Waals surface area contributed by atoms with Gasteiger partial charge in [0.05, 0.1) is 12.1 Å². The quantitative estimate of drug-likeness (QED) is 0.791. The van der Waals surface area contributed by atoms with E-state index in [1.807, 2.05) is 18.2 Å². The minimum absolute atomic E-state index is 0.154. The normalized spacial score (nSPS) is 19.3. The summed E-state index contributed by atoms with van der Waals surface area (Å²) in [7, 11) is 0. The zero-order valence-electron chi connectivity index (χ0n) is 10.8. The molecule has 0 spiro atoms. The summed E-state index contributed by atoms with van der Waals surface area (Å²) in [5.41, 5.74) is 0.905. The van der Waals surface area contributed by atoms with Gasteiger partial charge in [-0.3, -0.25) is 0 Å². The number of nitrogens with one attached hydrogen (secondary N) is 1. The molecular weight excluding hydrogens is 210 g/mol. The molecule has 2 rings (SSSR count). The molecule has 2 heteroatoms. The molecule has 17 heavy (non-hydrogen) atoms. The van der Waals surface area contributed by atoms with Crippen molar-refractivity contribution in [1.29, 1.82) is 0 Å². The van der Waals surface area contributed by atoms with Crippen LogP contribution in [0.2, 0.25) is 0 Å². The summed E-state index contributed by atoms with van der Waals surface area (Å²) in [5.74, 6) is 1.19. The van der Waals surface area contributed by atoms with Crippen LogP contribution in [0, 0.1) is 11.8 Å². The molecule has 0 aliphatic heterocycles. The summed E-state index contributed by atoms with van der Waals surface area (Å²) in [6, 6.07) is 10.3. The third-order valence-corrected chi connectivity index (χ3v) is 3.93. The SMILES string of the molecule is CC(C)C(CO)(NCC1CC1)c1ccccc1. The second kappa shape index (κ2) is 5.19. The second-order valence-corrected chi connectivity index (χ2v) is 5.47. The van der Waals surface area contributed by atoms with Crippen LogP contribution in [-0.4, -0.2) is 18.3 Å². The minimum Gasteiger partial charge on any atom is -0.394 e. The zero-order chi connectivity index (χ0) is 12.3. The van der Waals surface area contributed by atoms with Gasteiger partial charge in [0.2, 0.25) is 0 Å². The number of hydrogen-bond donors (Lipinski definition) is 2. The Morgan fingerprint density at radius 1 is 1.29 bits per heavy atom. The molecule has 0 saturated heterocycles. The van der Waals surface area contributed by atoms with Crippen LogP contribution >= 0.6 is 0 Å². The summed E-state index contributed by atoms with van der Waals surface area (Å²) in [6.45, 7) is 5.52. The summed E-state index contributed by atoms with van der Waals surface area (Å²) >= 11 is 0. The maximum atomic E-state index is 9.87. The van der Waals surface area contributed by atoms with E-state index in [1.165, 1.54) is 18.4 Å². The molecule has 0 heterocycles. The largest absolute Gasteiger partial charge is 0.394 e. The highest BCUT2D eigenvalue weighted by molar-refractivity contribution is 5.25. The van der Waals surface area contributed by atoms with Crippen molar-refractivity contribution in [3.05, 3.63) is 35.9 Å². The van der Waals surface area contributed by atoms with Gasteiger partial charge in [0, 0.05) is 0 Å². The van der Waals surface area contributed by atoms with E-state index in [9.17, 15) is 5.11 Å². The summed E-state index contributed by atoms with van der Waals surface area (Å²) < 4.78 is 0. The van der Waals surface area contributed by atoms with Gasteiger partial charge >= 0.3 is 0 Å². The average Bonchev–Trinajstić information content (AvgIpc) is 3.15. The first kappa shape index (κ1) is 12.6.